The lowest BCUT2D eigenvalue weighted by Crippen LogP contribution is -2.48. The Labute approximate surface area is 111 Å². The van der Waals surface area contributed by atoms with Gasteiger partial charge in [0.1, 0.15) is 0 Å². The number of hydrogen-bond acceptors (Lipinski definition) is 5. The molecule has 0 aromatic heterocycles. The van der Waals surface area contributed by atoms with Gasteiger partial charge in [0.25, 0.3) is 0 Å². The number of methoxy groups -OCH3 is 2. The van der Waals surface area contributed by atoms with Crippen LogP contribution in [0.1, 0.15) is 15.9 Å². The zero-order valence-electron chi connectivity index (χ0n) is 11.1. The van der Waals surface area contributed by atoms with E-state index >= 15 is 0 Å². The number of nitrogens with zero attached hydrogens (tertiary/aromatic N) is 1. The summed E-state index contributed by atoms with van der Waals surface area (Å²) >= 11 is 0. The summed E-state index contributed by atoms with van der Waals surface area (Å²) in [5.41, 5.74) is 0.177. The summed E-state index contributed by atoms with van der Waals surface area (Å²) < 4.78 is 15.4. The number of nitriles is 1. The molecular formula is C14H15NO4. The van der Waals surface area contributed by atoms with Crippen LogP contribution in [-0.4, -0.2) is 33.2 Å². The highest BCUT2D eigenvalue weighted by Crippen LogP contribution is 2.36. The Bertz CT molecular complexity index is 555. The Morgan fingerprint density at radius 2 is 1.89 bits per heavy atom. The molecule has 1 aromatic carbocycles. The second-order valence-electron chi connectivity index (χ2n) is 4.54. The predicted molar refractivity (Wildman–Crippen MR) is 67.5 cm³/mol. The summed E-state index contributed by atoms with van der Waals surface area (Å²) in [4.78, 5) is 12.5. The maximum Gasteiger partial charge on any atom is 0.188 e. The predicted octanol–water partition coefficient (Wildman–Crippen LogP) is 1.74. The van der Waals surface area contributed by atoms with Crippen LogP contribution in [-0.2, 0) is 4.74 Å². The minimum Gasteiger partial charge on any atom is -0.493 e. The molecule has 1 aromatic rings. The van der Waals surface area contributed by atoms with Crippen LogP contribution in [0.2, 0.25) is 0 Å². The third-order valence-electron chi connectivity index (χ3n) is 3.32. The van der Waals surface area contributed by atoms with Gasteiger partial charge in [0.2, 0.25) is 0 Å². The molecular weight excluding hydrogens is 246 g/mol. The van der Waals surface area contributed by atoms with E-state index in [0.29, 0.717) is 17.1 Å². The maximum atomic E-state index is 12.5. The summed E-state index contributed by atoms with van der Waals surface area (Å²) in [5, 5.41) is 9.18. The normalized spacial score (nSPS) is 16.1. The van der Waals surface area contributed by atoms with Crippen molar-refractivity contribution >= 4 is 5.78 Å². The van der Waals surface area contributed by atoms with Crippen molar-refractivity contribution in [1.29, 1.82) is 5.26 Å². The first-order valence-corrected chi connectivity index (χ1v) is 5.84. The van der Waals surface area contributed by atoms with Gasteiger partial charge >= 0.3 is 0 Å². The molecule has 1 fully saturated rings. The number of ether oxygens (including phenoxy) is 3. The van der Waals surface area contributed by atoms with Crippen LogP contribution >= 0.6 is 0 Å². The van der Waals surface area contributed by atoms with Crippen molar-refractivity contribution in [2.75, 3.05) is 27.4 Å². The Kier molecular flexibility index (Phi) is 3.45. The SMILES string of the molecule is COc1cc(C)c(C(=O)C2(C#N)COC2)cc1OC. The van der Waals surface area contributed by atoms with Crippen LogP contribution in [0, 0.1) is 23.7 Å². The van der Waals surface area contributed by atoms with Gasteiger partial charge in [0.15, 0.2) is 22.7 Å². The molecule has 0 N–H and O–H groups in total. The van der Waals surface area contributed by atoms with Crippen LogP contribution in [0.25, 0.3) is 0 Å². The fraction of sp³-hybridized carbons (Fsp3) is 0.429. The summed E-state index contributed by atoms with van der Waals surface area (Å²) in [6, 6.07) is 5.41. The van der Waals surface area contributed by atoms with E-state index in [1.807, 2.05) is 0 Å². The highest BCUT2D eigenvalue weighted by Gasteiger charge is 2.47. The highest BCUT2D eigenvalue weighted by atomic mass is 16.5. The molecule has 0 amide bonds. The van der Waals surface area contributed by atoms with Crippen molar-refractivity contribution in [3.8, 4) is 17.6 Å². The van der Waals surface area contributed by atoms with Crippen molar-refractivity contribution < 1.29 is 19.0 Å². The average molecular weight is 261 g/mol. The van der Waals surface area contributed by atoms with E-state index in [0.717, 1.165) is 5.56 Å². The van der Waals surface area contributed by atoms with Crippen LogP contribution in [0.3, 0.4) is 0 Å². The van der Waals surface area contributed by atoms with Gasteiger partial charge < -0.3 is 14.2 Å². The summed E-state index contributed by atoms with van der Waals surface area (Å²) in [6.07, 6.45) is 0. The molecule has 0 atom stereocenters. The van der Waals surface area contributed by atoms with Crippen LogP contribution in [0.15, 0.2) is 12.1 Å². The van der Waals surface area contributed by atoms with Crippen LogP contribution in [0.4, 0.5) is 0 Å². The first kappa shape index (κ1) is 13.4. The van der Waals surface area contributed by atoms with Crippen molar-refractivity contribution in [3.05, 3.63) is 23.3 Å². The molecule has 0 unspecified atom stereocenters. The van der Waals surface area contributed by atoms with E-state index in [9.17, 15) is 10.1 Å². The summed E-state index contributed by atoms with van der Waals surface area (Å²) in [7, 11) is 3.04. The molecule has 100 valence electrons. The number of benzene rings is 1. The van der Waals surface area contributed by atoms with E-state index in [1.165, 1.54) is 14.2 Å². The van der Waals surface area contributed by atoms with Gasteiger partial charge in [-0.25, -0.2) is 0 Å². The number of Topliss-reactive ketones (excluding diaryl/α,β-unsaturated/α-hetero) is 1. The number of hydrogen-bond donors (Lipinski definition) is 0. The van der Waals surface area contributed by atoms with E-state index in [2.05, 4.69) is 6.07 Å². The zero-order valence-corrected chi connectivity index (χ0v) is 11.1. The Balaban J connectivity index is 2.46. The lowest BCUT2D eigenvalue weighted by Gasteiger charge is -2.33. The summed E-state index contributed by atoms with van der Waals surface area (Å²) in [5.74, 6) is 0.817. The van der Waals surface area contributed by atoms with Crippen LogP contribution in [0.5, 0.6) is 11.5 Å². The third kappa shape index (κ3) is 2.04. The minimum atomic E-state index is -1.05. The van der Waals surface area contributed by atoms with Crippen molar-refractivity contribution in [2.24, 2.45) is 5.41 Å². The minimum absolute atomic E-state index is 0.149. The number of ketones is 1. The van der Waals surface area contributed by atoms with E-state index < -0.39 is 5.41 Å². The number of carbonyl (C=O) groups is 1. The largest absolute Gasteiger partial charge is 0.493 e. The molecule has 19 heavy (non-hydrogen) atoms. The van der Waals surface area contributed by atoms with Gasteiger partial charge in [-0.3, -0.25) is 4.79 Å². The van der Waals surface area contributed by atoms with Gasteiger partial charge in [-0.15, -0.1) is 0 Å². The maximum absolute atomic E-state index is 12.5. The van der Waals surface area contributed by atoms with Crippen molar-refractivity contribution in [3.63, 3.8) is 0 Å². The molecule has 0 saturated carbocycles. The molecule has 0 radical (unpaired) electrons. The standard InChI is InChI=1S/C14H15NO4/c1-9-4-11(17-2)12(18-3)5-10(9)13(16)14(6-15)7-19-8-14/h4-5H,7-8H2,1-3H3. The van der Waals surface area contributed by atoms with E-state index in [4.69, 9.17) is 14.2 Å². The lowest BCUT2D eigenvalue weighted by molar-refractivity contribution is -0.0566. The molecule has 5 heteroatoms. The van der Waals surface area contributed by atoms with Crippen molar-refractivity contribution in [1.82, 2.24) is 0 Å². The fourth-order valence-corrected chi connectivity index (χ4v) is 2.04. The molecule has 5 nitrogen and oxygen atoms in total. The smallest absolute Gasteiger partial charge is 0.188 e. The average Bonchev–Trinajstić information content (AvgIpc) is 2.37. The van der Waals surface area contributed by atoms with Crippen molar-refractivity contribution in [2.45, 2.75) is 6.92 Å². The van der Waals surface area contributed by atoms with Gasteiger partial charge in [-0.2, -0.15) is 5.26 Å². The molecule has 0 aliphatic carbocycles. The summed E-state index contributed by atoms with van der Waals surface area (Å²) in [6.45, 7) is 2.10. The van der Waals surface area contributed by atoms with Gasteiger partial charge in [-0.1, -0.05) is 0 Å². The van der Waals surface area contributed by atoms with Crippen LogP contribution < -0.4 is 9.47 Å². The molecule has 1 heterocycles. The topological polar surface area (TPSA) is 68.6 Å². The Morgan fingerprint density at radius 1 is 1.32 bits per heavy atom. The van der Waals surface area contributed by atoms with E-state index in [-0.39, 0.29) is 19.0 Å². The second kappa shape index (κ2) is 4.90. The van der Waals surface area contributed by atoms with Gasteiger partial charge in [-0.05, 0) is 24.6 Å². The number of carbonyl (C=O) groups excluding carboxylic acids is 1. The van der Waals surface area contributed by atoms with E-state index in [1.54, 1.807) is 19.1 Å². The molecule has 1 saturated heterocycles. The molecule has 0 bridgehead atoms. The molecule has 0 spiro atoms. The zero-order chi connectivity index (χ0) is 14.0. The Morgan fingerprint density at radius 3 is 2.32 bits per heavy atom. The number of aryl methyl sites for hydroxylation is 1. The van der Waals surface area contributed by atoms with Gasteiger partial charge in [0.05, 0.1) is 33.5 Å². The third-order valence-corrected chi connectivity index (χ3v) is 3.32. The Hall–Kier alpha value is -2.06. The fourth-order valence-electron chi connectivity index (χ4n) is 2.04. The monoisotopic (exact) mass is 261 g/mol. The lowest BCUT2D eigenvalue weighted by atomic mass is 9.79. The molecule has 2 rings (SSSR count). The number of rotatable bonds is 4. The molecule has 1 aliphatic heterocycles. The molecule has 1 aliphatic rings. The second-order valence-corrected chi connectivity index (χ2v) is 4.54. The highest BCUT2D eigenvalue weighted by molar-refractivity contribution is 6.04. The quantitative estimate of drug-likeness (QED) is 0.772. The first-order chi connectivity index (χ1) is 9.07. The van der Waals surface area contributed by atoms with Gasteiger partial charge in [0, 0.05) is 5.56 Å². The first-order valence-electron chi connectivity index (χ1n) is 5.84.